The van der Waals surface area contributed by atoms with Gasteiger partial charge in [0.1, 0.15) is 5.75 Å². The van der Waals surface area contributed by atoms with Crippen molar-refractivity contribution in [1.29, 1.82) is 0 Å². The van der Waals surface area contributed by atoms with Crippen molar-refractivity contribution in [3.05, 3.63) is 53.6 Å². The zero-order chi connectivity index (χ0) is 21.6. The Morgan fingerprint density at radius 1 is 1.10 bits per heavy atom. The smallest absolute Gasteiger partial charge is 0.222 e. The van der Waals surface area contributed by atoms with Crippen molar-refractivity contribution in [2.75, 3.05) is 25.1 Å². The van der Waals surface area contributed by atoms with E-state index in [4.69, 9.17) is 10.5 Å². The van der Waals surface area contributed by atoms with E-state index in [1.54, 1.807) is 7.11 Å². The van der Waals surface area contributed by atoms with E-state index in [1.165, 1.54) is 41.7 Å². The molecule has 0 radical (unpaired) electrons. The topological polar surface area (TPSA) is 55.6 Å². The minimum absolute atomic E-state index is 0.306. The molecule has 1 heterocycles. The molecule has 1 saturated carbocycles. The van der Waals surface area contributed by atoms with Crippen LogP contribution in [0.1, 0.15) is 49.7 Å². The van der Waals surface area contributed by atoms with E-state index in [9.17, 15) is 4.79 Å². The van der Waals surface area contributed by atoms with Gasteiger partial charge in [0.05, 0.1) is 7.11 Å². The highest BCUT2D eigenvalue weighted by Gasteiger charge is 2.24. The summed E-state index contributed by atoms with van der Waals surface area (Å²) in [6, 6.07) is 14.5. The molecule has 0 aromatic heterocycles. The van der Waals surface area contributed by atoms with Crippen LogP contribution in [0.4, 0.5) is 5.69 Å². The maximum Gasteiger partial charge on any atom is 0.222 e. The molecule has 1 amide bonds. The van der Waals surface area contributed by atoms with Gasteiger partial charge in [-0.1, -0.05) is 25.0 Å². The molecule has 0 unspecified atom stereocenters. The number of fused-ring (bicyclic) bond motifs is 1. The Bertz CT molecular complexity index is 875. The third-order valence-electron chi connectivity index (χ3n) is 6.84. The number of methoxy groups -OCH3 is 1. The fourth-order valence-corrected chi connectivity index (χ4v) is 5.91. The van der Waals surface area contributed by atoms with E-state index >= 15 is 0 Å². The quantitative estimate of drug-likeness (QED) is 0.602. The van der Waals surface area contributed by atoms with Gasteiger partial charge >= 0.3 is 0 Å². The lowest BCUT2D eigenvalue weighted by Crippen LogP contribution is -2.32. The van der Waals surface area contributed by atoms with Crippen LogP contribution in [0.3, 0.4) is 0 Å². The van der Waals surface area contributed by atoms with E-state index in [1.807, 2.05) is 34.9 Å². The average Bonchev–Trinajstić information content (AvgIpc) is 3.02. The number of hydrogen-bond acceptors (Lipinski definition) is 4. The fraction of sp³-hybridized carbons (Fsp3) is 0.500. The van der Waals surface area contributed by atoms with Crippen LogP contribution >= 0.6 is 11.8 Å². The number of nitrogens with zero attached hydrogens (tertiary/aromatic N) is 1. The standard InChI is InChI=1S/C26H34N2O2S/c1-30-24-11-12-25-22(17-24)18-28(14-15-31-25)26(29)13-8-19-2-4-20(5-3-19)16-21-6-9-23(27)10-7-21/h6-7,9-12,17,19-20H,2-5,8,13-16,18,27H2,1H3. The Morgan fingerprint density at radius 2 is 1.84 bits per heavy atom. The van der Waals surface area contributed by atoms with E-state index in [-0.39, 0.29) is 0 Å². The van der Waals surface area contributed by atoms with Crippen molar-refractivity contribution in [3.63, 3.8) is 0 Å². The number of carbonyl (C=O) groups excluding carboxylic acids is 1. The van der Waals surface area contributed by atoms with E-state index in [0.717, 1.165) is 42.5 Å². The number of hydrogen-bond donors (Lipinski definition) is 1. The summed E-state index contributed by atoms with van der Waals surface area (Å²) in [5.41, 5.74) is 9.23. The molecule has 4 nitrogen and oxygen atoms in total. The fourth-order valence-electron chi connectivity index (χ4n) is 4.91. The predicted molar refractivity (Wildman–Crippen MR) is 128 cm³/mol. The lowest BCUT2D eigenvalue weighted by Gasteiger charge is -2.29. The van der Waals surface area contributed by atoms with Gasteiger partial charge in [-0.25, -0.2) is 0 Å². The summed E-state index contributed by atoms with van der Waals surface area (Å²) in [5.74, 6) is 3.59. The number of anilines is 1. The van der Waals surface area contributed by atoms with Crippen LogP contribution < -0.4 is 10.5 Å². The largest absolute Gasteiger partial charge is 0.497 e. The van der Waals surface area contributed by atoms with Gasteiger partial charge in [0, 0.05) is 35.8 Å². The van der Waals surface area contributed by atoms with Crippen molar-refractivity contribution in [2.24, 2.45) is 11.8 Å². The molecule has 31 heavy (non-hydrogen) atoms. The minimum atomic E-state index is 0.306. The molecular formula is C26H34N2O2S. The molecule has 0 bridgehead atoms. The van der Waals surface area contributed by atoms with Crippen molar-refractivity contribution in [2.45, 2.75) is 56.4 Å². The lowest BCUT2D eigenvalue weighted by atomic mass is 9.77. The Labute approximate surface area is 190 Å². The summed E-state index contributed by atoms with van der Waals surface area (Å²) in [5, 5.41) is 0. The Kier molecular flexibility index (Phi) is 7.44. The average molecular weight is 439 g/mol. The zero-order valence-corrected chi connectivity index (χ0v) is 19.3. The molecule has 1 fully saturated rings. The molecule has 2 aliphatic rings. The van der Waals surface area contributed by atoms with E-state index in [2.05, 4.69) is 24.3 Å². The number of ether oxygens (including phenoxy) is 1. The summed E-state index contributed by atoms with van der Waals surface area (Å²) in [6.07, 6.45) is 7.92. The molecule has 4 rings (SSSR count). The maximum atomic E-state index is 13.0. The predicted octanol–water partition coefficient (Wildman–Crippen LogP) is 5.54. The maximum absolute atomic E-state index is 13.0. The van der Waals surface area contributed by atoms with Crippen LogP contribution in [0, 0.1) is 11.8 Å². The number of rotatable bonds is 6. The molecule has 5 heteroatoms. The summed E-state index contributed by atoms with van der Waals surface area (Å²) in [7, 11) is 1.69. The van der Waals surface area contributed by atoms with Gasteiger partial charge in [-0.15, -0.1) is 11.8 Å². The second kappa shape index (κ2) is 10.4. The minimum Gasteiger partial charge on any atom is -0.497 e. The number of amides is 1. The van der Waals surface area contributed by atoms with Gasteiger partial charge < -0.3 is 15.4 Å². The first-order valence-electron chi connectivity index (χ1n) is 11.5. The summed E-state index contributed by atoms with van der Waals surface area (Å²) in [4.78, 5) is 16.3. The van der Waals surface area contributed by atoms with Gasteiger partial charge in [-0.3, -0.25) is 4.79 Å². The highest BCUT2D eigenvalue weighted by Crippen LogP contribution is 2.34. The normalized spacial score (nSPS) is 21.3. The molecule has 0 spiro atoms. The first kappa shape index (κ1) is 22.1. The Morgan fingerprint density at radius 3 is 2.58 bits per heavy atom. The van der Waals surface area contributed by atoms with Crippen LogP contribution in [-0.2, 0) is 17.8 Å². The highest BCUT2D eigenvalue weighted by molar-refractivity contribution is 7.99. The number of carbonyl (C=O) groups is 1. The molecule has 1 aliphatic carbocycles. The van der Waals surface area contributed by atoms with Crippen LogP contribution in [0.25, 0.3) is 0 Å². The molecule has 166 valence electrons. The second-order valence-electron chi connectivity index (χ2n) is 9.01. The first-order valence-corrected chi connectivity index (χ1v) is 12.5. The third kappa shape index (κ3) is 5.97. The molecule has 1 aliphatic heterocycles. The van der Waals surface area contributed by atoms with Crippen molar-refractivity contribution in [3.8, 4) is 5.75 Å². The SMILES string of the molecule is COc1ccc2c(c1)CN(C(=O)CCC1CCC(Cc3ccc(N)cc3)CC1)CCS2. The van der Waals surface area contributed by atoms with Gasteiger partial charge in [0.2, 0.25) is 5.91 Å². The summed E-state index contributed by atoms with van der Waals surface area (Å²) >= 11 is 1.84. The summed E-state index contributed by atoms with van der Waals surface area (Å²) in [6.45, 7) is 1.53. The molecule has 2 N–H and O–H groups in total. The molecular weight excluding hydrogens is 404 g/mol. The van der Waals surface area contributed by atoms with Crippen LogP contribution in [0.5, 0.6) is 5.75 Å². The van der Waals surface area contributed by atoms with Crippen molar-refractivity contribution < 1.29 is 9.53 Å². The number of nitrogens with two attached hydrogens (primary N) is 1. The highest BCUT2D eigenvalue weighted by atomic mass is 32.2. The Hall–Kier alpha value is -2.14. The van der Waals surface area contributed by atoms with Crippen LogP contribution in [0.15, 0.2) is 47.4 Å². The molecule has 2 aromatic carbocycles. The molecule has 0 saturated heterocycles. The third-order valence-corrected chi connectivity index (χ3v) is 7.93. The zero-order valence-electron chi connectivity index (χ0n) is 18.5. The van der Waals surface area contributed by atoms with Gasteiger partial charge in [0.15, 0.2) is 0 Å². The second-order valence-corrected chi connectivity index (χ2v) is 10.1. The molecule has 0 atom stereocenters. The van der Waals surface area contributed by atoms with Gasteiger partial charge in [-0.05, 0) is 79.0 Å². The monoisotopic (exact) mass is 438 g/mol. The van der Waals surface area contributed by atoms with Gasteiger partial charge in [0.25, 0.3) is 0 Å². The number of thioether (sulfide) groups is 1. The van der Waals surface area contributed by atoms with E-state index < -0.39 is 0 Å². The lowest BCUT2D eigenvalue weighted by molar-refractivity contribution is -0.131. The first-order chi connectivity index (χ1) is 15.1. The van der Waals surface area contributed by atoms with Crippen molar-refractivity contribution in [1.82, 2.24) is 4.90 Å². The van der Waals surface area contributed by atoms with Crippen LogP contribution in [0.2, 0.25) is 0 Å². The van der Waals surface area contributed by atoms with E-state index in [0.29, 0.717) is 24.8 Å². The number of nitrogen functional groups attached to an aromatic ring is 1. The number of benzene rings is 2. The molecule has 2 aromatic rings. The summed E-state index contributed by atoms with van der Waals surface area (Å²) < 4.78 is 5.38. The van der Waals surface area contributed by atoms with Gasteiger partial charge in [-0.2, -0.15) is 0 Å². The Balaban J connectivity index is 1.23. The van der Waals surface area contributed by atoms with Crippen molar-refractivity contribution >= 4 is 23.4 Å². The van der Waals surface area contributed by atoms with Crippen LogP contribution in [-0.4, -0.2) is 30.2 Å².